The first kappa shape index (κ1) is 13.4. The third-order valence-electron chi connectivity index (χ3n) is 5.40. The standard InChI is InChI=1S/C16H24N4/c1-5-12-6-7-13(10(12)3)20-11(4)9(2)14-15(17)18-8-19-16(14)20/h8,10,12-13H,5-7H2,1-4H3,(H2,17,18,19). The molecule has 108 valence electrons. The van der Waals surface area contributed by atoms with Crippen LogP contribution in [0.15, 0.2) is 6.33 Å². The molecule has 2 heterocycles. The van der Waals surface area contributed by atoms with E-state index in [-0.39, 0.29) is 0 Å². The van der Waals surface area contributed by atoms with Crippen LogP contribution in [0.4, 0.5) is 5.82 Å². The number of rotatable bonds is 2. The van der Waals surface area contributed by atoms with E-state index >= 15 is 0 Å². The van der Waals surface area contributed by atoms with E-state index in [1.807, 2.05) is 0 Å². The van der Waals surface area contributed by atoms with Gasteiger partial charge in [0.15, 0.2) is 0 Å². The fraction of sp³-hybridized carbons (Fsp3) is 0.625. The van der Waals surface area contributed by atoms with Crippen LogP contribution in [-0.4, -0.2) is 14.5 Å². The Morgan fingerprint density at radius 1 is 1.30 bits per heavy atom. The molecule has 20 heavy (non-hydrogen) atoms. The molecule has 2 aromatic heterocycles. The largest absolute Gasteiger partial charge is 0.383 e. The summed E-state index contributed by atoms with van der Waals surface area (Å²) in [5, 5.41) is 1.04. The molecule has 0 spiro atoms. The molecule has 0 amide bonds. The fourth-order valence-electron chi connectivity index (χ4n) is 4.02. The lowest BCUT2D eigenvalue weighted by Gasteiger charge is -2.23. The van der Waals surface area contributed by atoms with Gasteiger partial charge >= 0.3 is 0 Å². The van der Waals surface area contributed by atoms with E-state index < -0.39 is 0 Å². The summed E-state index contributed by atoms with van der Waals surface area (Å²) in [6.07, 6.45) is 5.42. The summed E-state index contributed by atoms with van der Waals surface area (Å²) in [7, 11) is 0. The number of aryl methyl sites for hydroxylation is 1. The summed E-state index contributed by atoms with van der Waals surface area (Å²) in [5.41, 5.74) is 9.60. The minimum absolute atomic E-state index is 0.547. The molecule has 0 bridgehead atoms. The molecule has 3 rings (SSSR count). The molecule has 3 unspecified atom stereocenters. The Morgan fingerprint density at radius 3 is 2.70 bits per heavy atom. The van der Waals surface area contributed by atoms with Crippen molar-refractivity contribution in [2.75, 3.05) is 5.73 Å². The minimum Gasteiger partial charge on any atom is -0.383 e. The summed E-state index contributed by atoms with van der Waals surface area (Å²) in [6.45, 7) is 9.00. The predicted octanol–water partition coefficient (Wildman–Crippen LogP) is 3.63. The van der Waals surface area contributed by atoms with E-state index in [0.29, 0.717) is 17.8 Å². The first-order valence-corrected chi connectivity index (χ1v) is 7.63. The van der Waals surface area contributed by atoms with E-state index in [0.717, 1.165) is 17.0 Å². The molecule has 2 N–H and O–H groups in total. The van der Waals surface area contributed by atoms with Crippen molar-refractivity contribution in [3.05, 3.63) is 17.6 Å². The van der Waals surface area contributed by atoms with Gasteiger partial charge in [0.25, 0.3) is 0 Å². The molecule has 1 aliphatic rings. The van der Waals surface area contributed by atoms with E-state index in [4.69, 9.17) is 5.73 Å². The van der Waals surface area contributed by atoms with Gasteiger partial charge in [0.2, 0.25) is 0 Å². The van der Waals surface area contributed by atoms with Crippen molar-refractivity contribution < 1.29 is 0 Å². The molecule has 1 aliphatic carbocycles. The molecule has 0 aliphatic heterocycles. The van der Waals surface area contributed by atoms with Gasteiger partial charge in [-0.1, -0.05) is 20.3 Å². The van der Waals surface area contributed by atoms with Crippen LogP contribution in [-0.2, 0) is 0 Å². The van der Waals surface area contributed by atoms with Crippen molar-refractivity contribution in [2.45, 2.75) is 53.0 Å². The normalized spacial score (nSPS) is 26.5. The van der Waals surface area contributed by atoms with Gasteiger partial charge < -0.3 is 10.3 Å². The molecule has 4 heteroatoms. The number of fused-ring (bicyclic) bond motifs is 1. The maximum atomic E-state index is 6.06. The van der Waals surface area contributed by atoms with Crippen LogP contribution in [0, 0.1) is 25.7 Å². The number of nitrogen functional groups attached to an aromatic ring is 1. The van der Waals surface area contributed by atoms with Gasteiger partial charge in [0, 0.05) is 11.7 Å². The second-order valence-electron chi connectivity index (χ2n) is 6.21. The highest BCUT2D eigenvalue weighted by Crippen LogP contribution is 2.44. The topological polar surface area (TPSA) is 56.7 Å². The van der Waals surface area contributed by atoms with Crippen LogP contribution in [0.5, 0.6) is 0 Å². The zero-order valence-corrected chi connectivity index (χ0v) is 12.8. The minimum atomic E-state index is 0.547. The molecule has 0 saturated heterocycles. The van der Waals surface area contributed by atoms with E-state index in [1.165, 1.54) is 30.5 Å². The maximum Gasteiger partial charge on any atom is 0.146 e. The van der Waals surface area contributed by atoms with Crippen molar-refractivity contribution in [1.82, 2.24) is 14.5 Å². The fourth-order valence-corrected chi connectivity index (χ4v) is 4.02. The van der Waals surface area contributed by atoms with Crippen LogP contribution in [0.25, 0.3) is 11.0 Å². The second kappa shape index (κ2) is 4.76. The number of anilines is 1. The van der Waals surface area contributed by atoms with Crippen LogP contribution in [0.3, 0.4) is 0 Å². The molecule has 2 aromatic rings. The van der Waals surface area contributed by atoms with Crippen molar-refractivity contribution >= 4 is 16.9 Å². The van der Waals surface area contributed by atoms with Crippen molar-refractivity contribution in [1.29, 1.82) is 0 Å². The smallest absolute Gasteiger partial charge is 0.146 e. The molecule has 4 nitrogen and oxygen atoms in total. The van der Waals surface area contributed by atoms with Crippen LogP contribution in [0.1, 0.15) is 50.4 Å². The average molecular weight is 272 g/mol. The van der Waals surface area contributed by atoms with Gasteiger partial charge in [-0.25, -0.2) is 9.97 Å². The summed E-state index contributed by atoms with van der Waals surface area (Å²) < 4.78 is 2.42. The molecule has 0 aromatic carbocycles. The summed E-state index contributed by atoms with van der Waals surface area (Å²) in [6, 6.07) is 0.547. The highest BCUT2D eigenvalue weighted by molar-refractivity contribution is 5.90. The van der Waals surface area contributed by atoms with Gasteiger partial charge in [-0.05, 0) is 44.1 Å². The Balaban J connectivity index is 2.18. The first-order chi connectivity index (χ1) is 9.56. The predicted molar refractivity (Wildman–Crippen MR) is 82.6 cm³/mol. The number of aromatic nitrogens is 3. The molecule has 0 radical (unpaired) electrons. The molecule has 1 saturated carbocycles. The monoisotopic (exact) mass is 272 g/mol. The Bertz CT molecular complexity index is 643. The van der Waals surface area contributed by atoms with Crippen molar-refractivity contribution in [2.24, 2.45) is 11.8 Å². The van der Waals surface area contributed by atoms with Crippen LogP contribution in [0.2, 0.25) is 0 Å². The van der Waals surface area contributed by atoms with Gasteiger partial charge in [-0.2, -0.15) is 0 Å². The van der Waals surface area contributed by atoms with E-state index in [9.17, 15) is 0 Å². The Morgan fingerprint density at radius 2 is 2.05 bits per heavy atom. The lowest BCUT2D eigenvalue weighted by Crippen LogP contribution is -2.17. The molecule has 1 fully saturated rings. The molecular formula is C16H24N4. The molecule has 3 atom stereocenters. The van der Waals surface area contributed by atoms with Gasteiger partial charge in [-0.15, -0.1) is 0 Å². The van der Waals surface area contributed by atoms with Crippen LogP contribution < -0.4 is 5.73 Å². The van der Waals surface area contributed by atoms with Crippen molar-refractivity contribution in [3.8, 4) is 0 Å². The Hall–Kier alpha value is -1.58. The van der Waals surface area contributed by atoms with Gasteiger partial charge in [0.1, 0.15) is 17.8 Å². The number of hydrogen-bond acceptors (Lipinski definition) is 3. The lowest BCUT2D eigenvalue weighted by atomic mass is 9.93. The van der Waals surface area contributed by atoms with E-state index in [1.54, 1.807) is 6.33 Å². The third kappa shape index (κ3) is 1.74. The van der Waals surface area contributed by atoms with Crippen LogP contribution >= 0.6 is 0 Å². The Labute approximate surface area is 120 Å². The number of nitrogens with two attached hydrogens (primary N) is 1. The number of hydrogen-bond donors (Lipinski definition) is 1. The summed E-state index contributed by atoms with van der Waals surface area (Å²) >= 11 is 0. The maximum absolute atomic E-state index is 6.06. The SMILES string of the molecule is CCC1CCC(n2c(C)c(C)c3c(N)ncnc32)C1C. The van der Waals surface area contributed by atoms with E-state index in [2.05, 4.69) is 42.2 Å². The summed E-state index contributed by atoms with van der Waals surface area (Å²) in [5.74, 6) is 2.13. The third-order valence-corrected chi connectivity index (χ3v) is 5.40. The quantitative estimate of drug-likeness (QED) is 0.908. The van der Waals surface area contributed by atoms with Gasteiger partial charge in [0.05, 0.1) is 5.39 Å². The number of nitrogens with zero attached hydrogens (tertiary/aromatic N) is 3. The highest BCUT2D eigenvalue weighted by Gasteiger charge is 2.34. The Kier molecular flexibility index (Phi) is 3.19. The van der Waals surface area contributed by atoms with Crippen molar-refractivity contribution in [3.63, 3.8) is 0 Å². The zero-order chi connectivity index (χ0) is 14.4. The highest BCUT2D eigenvalue weighted by atomic mass is 15.1. The summed E-state index contributed by atoms with van der Waals surface area (Å²) in [4.78, 5) is 8.68. The average Bonchev–Trinajstić information content (AvgIpc) is 2.90. The molecular weight excluding hydrogens is 248 g/mol. The lowest BCUT2D eigenvalue weighted by molar-refractivity contribution is 0.331. The first-order valence-electron chi connectivity index (χ1n) is 7.63. The van der Waals surface area contributed by atoms with Gasteiger partial charge in [-0.3, -0.25) is 0 Å². The zero-order valence-electron chi connectivity index (χ0n) is 12.8. The second-order valence-corrected chi connectivity index (χ2v) is 6.21.